The van der Waals surface area contributed by atoms with Crippen LogP contribution in [0.1, 0.15) is 24.0 Å². The Morgan fingerprint density at radius 1 is 0.743 bits per heavy atom. The summed E-state index contributed by atoms with van der Waals surface area (Å²) in [4.78, 5) is 24.8. The van der Waals surface area contributed by atoms with Crippen molar-refractivity contribution in [1.82, 2.24) is 0 Å². The number of sulfone groups is 1. The molecule has 0 unspecified atom stereocenters. The predicted octanol–water partition coefficient (Wildman–Crippen LogP) is 4.74. The molecule has 2 amide bonds. The average molecular weight is 522 g/mol. The Morgan fingerprint density at radius 3 is 1.46 bits per heavy atom. The molecule has 2 atom stereocenters. The van der Waals surface area contributed by atoms with Gasteiger partial charge in [0.2, 0.25) is 11.8 Å². The normalized spacial score (nSPS) is 19.8. The lowest BCUT2D eigenvalue weighted by Gasteiger charge is -2.18. The van der Waals surface area contributed by atoms with E-state index < -0.39 is 68.5 Å². The van der Waals surface area contributed by atoms with Crippen molar-refractivity contribution in [1.29, 1.82) is 0 Å². The fourth-order valence-corrected chi connectivity index (χ4v) is 6.11. The summed E-state index contributed by atoms with van der Waals surface area (Å²) in [6, 6.07) is 7.86. The Labute approximate surface area is 196 Å². The molecule has 1 aliphatic heterocycles. The van der Waals surface area contributed by atoms with Crippen LogP contribution in [0.4, 0.5) is 37.7 Å². The quantitative estimate of drug-likeness (QED) is 0.536. The summed E-state index contributed by atoms with van der Waals surface area (Å²) < 4.78 is 101. The molecule has 35 heavy (non-hydrogen) atoms. The van der Waals surface area contributed by atoms with Gasteiger partial charge < -0.3 is 10.6 Å². The van der Waals surface area contributed by atoms with E-state index in [0.29, 0.717) is 0 Å². The molecule has 1 aliphatic rings. The Morgan fingerprint density at radius 2 is 1.11 bits per heavy atom. The molecule has 0 bridgehead atoms. The first-order valence-electron chi connectivity index (χ1n) is 10.3. The zero-order valence-corrected chi connectivity index (χ0v) is 18.7. The Balaban J connectivity index is 1.65. The molecule has 2 aromatic carbocycles. The van der Waals surface area contributed by atoms with Crippen LogP contribution < -0.4 is 10.6 Å². The Hall–Kier alpha value is -3.09. The van der Waals surface area contributed by atoms with Gasteiger partial charge >= 0.3 is 12.4 Å². The molecule has 1 saturated heterocycles. The minimum atomic E-state index is -4.61. The molecular weight excluding hydrogens is 502 g/mol. The van der Waals surface area contributed by atoms with Crippen LogP contribution in [0.25, 0.3) is 0 Å². The highest BCUT2D eigenvalue weighted by atomic mass is 32.2. The summed E-state index contributed by atoms with van der Waals surface area (Å²) in [5.74, 6) is -3.84. The van der Waals surface area contributed by atoms with Gasteiger partial charge in [0.15, 0.2) is 9.84 Å². The van der Waals surface area contributed by atoms with E-state index in [1.54, 1.807) is 0 Å². The largest absolute Gasteiger partial charge is 0.416 e. The fourth-order valence-electron chi connectivity index (χ4n) is 3.89. The van der Waals surface area contributed by atoms with Gasteiger partial charge in [-0.25, -0.2) is 8.42 Å². The van der Waals surface area contributed by atoms with Gasteiger partial charge in [-0.05, 0) is 48.2 Å². The van der Waals surface area contributed by atoms with Crippen molar-refractivity contribution in [3.8, 4) is 0 Å². The van der Waals surface area contributed by atoms with E-state index in [0.717, 1.165) is 36.4 Å². The number of hydrogen-bond donors (Lipinski definition) is 2. The third-order valence-electron chi connectivity index (χ3n) is 5.45. The molecule has 0 spiro atoms. The van der Waals surface area contributed by atoms with Crippen LogP contribution in [0.2, 0.25) is 0 Å². The molecule has 2 N–H and O–H groups in total. The minimum Gasteiger partial charge on any atom is -0.326 e. The Bertz CT molecular complexity index is 1120. The molecule has 1 heterocycles. The molecule has 2 aromatic rings. The predicted molar refractivity (Wildman–Crippen MR) is 115 cm³/mol. The van der Waals surface area contributed by atoms with E-state index in [9.17, 15) is 44.3 Å². The molecule has 1 fully saturated rings. The van der Waals surface area contributed by atoms with Gasteiger partial charge in [0.05, 0.1) is 22.6 Å². The van der Waals surface area contributed by atoms with Gasteiger partial charge in [-0.1, -0.05) is 12.1 Å². The van der Waals surface area contributed by atoms with E-state index in [2.05, 4.69) is 10.6 Å². The number of carbonyl (C=O) groups is 2. The van der Waals surface area contributed by atoms with Crippen molar-refractivity contribution in [3.63, 3.8) is 0 Å². The average Bonchev–Trinajstić information content (AvgIpc) is 2.99. The van der Waals surface area contributed by atoms with Crippen LogP contribution >= 0.6 is 0 Å². The highest BCUT2D eigenvalue weighted by Gasteiger charge is 2.40. The molecule has 0 saturated carbocycles. The van der Waals surface area contributed by atoms with Crippen LogP contribution in [0.3, 0.4) is 0 Å². The molecule has 0 aliphatic carbocycles. The second kappa shape index (κ2) is 9.88. The molecule has 190 valence electrons. The smallest absolute Gasteiger partial charge is 0.326 e. The number of halogens is 6. The van der Waals surface area contributed by atoms with Gasteiger partial charge in [-0.2, -0.15) is 26.3 Å². The van der Waals surface area contributed by atoms with Gasteiger partial charge in [-0.15, -0.1) is 0 Å². The maximum Gasteiger partial charge on any atom is 0.416 e. The summed E-state index contributed by atoms with van der Waals surface area (Å²) in [7, 11) is -3.59. The van der Waals surface area contributed by atoms with E-state index in [1.165, 1.54) is 12.1 Å². The SMILES string of the molecule is O=C(C[C@H]1CS(=O)(=O)C[C@@H]1CC(=O)Nc1cccc(C(F)(F)F)c1)Nc1cccc(C(F)(F)F)c1. The number of alkyl halides is 6. The summed E-state index contributed by atoms with van der Waals surface area (Å²) in [6.07, 6.45) is -9.95. The topological polar surface area (TPSA) is 92.3 Å². The number of anilines is 2. The minimum absolute atomic E-state index is 0.121. The first-order valence-corrected chi connectivity index (χ1v) is 12.1. The highest BCUT2D eigenvalue weighted by molar-refractivity contribution is 7.91. The summed E-state index contributed by atoms with van der Waals surface area (Å²) in [5, 5.41) is 4.60. The molecule has 6 nitrogen and oxygen atoms in total. The van der Waals surface area contributed by atoms with Crippen LogP contribution in [0.5, 0.6) is 0 Å². The van der Waals surface area contributed by atoms with Crippen molar-refractivity contribution in [2.24, 2.45) is 11.8 Å². The second-order valence-electron chi connectivity index (χ2n) is 8.26. The standard InChI is InChI=1S/C22H20F6N2O4S/c23-21(24,25)15-3-1-5-17(9-15)29-19(31)7-13-11-35(33,34)12-14(13)8-20(32)30-18-6-2-4-16(10-18)22(26,27)28/h1-6,9-10,13-14H,7-8,11-12H2,(H,29,31)(H,30,32)/t13-,14-/m0/s1. The van der Waals surface area contributed by atoms with E-state index in [4.69, 9.17) is 0 Å². The van der Waals surface area contributed by atoms with Gasteiger partial charge in [0.25, 0.3) is 0 Å². The van der Waals surface area contributed by atoms with E-state index in [-0.39, 0.29) is 24.2 Å². The van der Waals surface area contributed by atoms with Crippen molar-refractivity contribution < 1.29 is 44.3 Å². The van der Waals surface area contributed by atoms with Crippen molar-refractivity contribution in [3.05, 3.63) is 59.7 Å². The lowest BCUT2D eigenvalue weighted by atomic mass is 9.89. The van der Waals surface area contributed by atoms with Crippen LogP contribution in [-0.4, -0.2) is 31.7 Å². The lowest BCUT2D eigenvalue weighted by molar-refractivity contribution is -0.138. The highest BCUT2D eigenvalue weighted by Crippen LogP contribution is 2.34. The number of carbonyl (C=O) groups excluding carboxylic acids is 2. The number of hydrogen-bond acceptors (Lipinski definition) is 4. The summed E-state index contributed by atoms with van der Waals surface area (Å²) in [5.41, 5.74) is -2.18. The van der Waals surface area contributed by atoms with Crippen molar-refractivity contribution in [2.75, 3.05) is 22.1 Å². The zero-order chi connectivity index (χ0) is 26.0. The van der Waals surface area contributed by atoms with E-state index >= 15 is 0 Å². The number of amides is 2. The molecule has 0 radical (unpaired) electrons. The van der Waals surface area contributed by atoms with Crippen molar-refractivity contribution >= 4 is 33.0 Å². The number of benzene rings is 2. The second-order valence-corrected chi connectivity index (χ2v) is 10.4. The first kappa shape index (κ1) is 26.5. The molecule has 13 heteroatoms. The van der Waals surface area contributed by atoms with Gasteiger partial charge in [-0.3, -0.25) is 9.59 Å². The monoisotopic (exact) mass is 522 g/mol. The maximum absolute atomic E-state index is 12.9. The van der Waals surface area contributed by atoms with Gasteiger partial charge in [0.1, 0.15) is 0 Å². The Kier molecular flexibility index (Phi) is 7.48. The molecule has 0 aromatic heterocycles. The van der Waals surface area contributed by atoms with Crippen molar-refractivity contribution in [2.45, 2.75) is 25.2 Å². The van der Waals surface area contributed by atoms with Crippen LogP contribution in [-0.2, 0) is 31.8 Å². The van der Waals surface area contributed by atoms with E-state index in [1.807, 2.05) is 0 Å². The molecular formula is C22H20F6N2O4S. The lowest BCUT2D eigenvalue weighted by Crippen LogP contribution is -2.25. The zero-order valence-electron chi connectivity index (χ0n) is 17.9. The van der Waals surface area contributed by atoms with Gasteiger partial charge in [0, 0.05) is 24.2 Å². The fraction of sp³-hybridized carbons (Fsp3) is 0.364. The summed E-state index contributed by atoms with van der Waals surface area (Å²) >= 11 is 0. The maximum atomic E-state index is 12.9. The summed E-state index contributed by atoms with van der Waals surface area (Å²) in [6.45, 7) is 0. The third-order valence-corrected chi connectivity index (χ3v) is 7.32. The van der Waals surface area contributed by atoms with Crippen LogP contribution in [0, 0.1) is 11.8 Å². The van der Waals surface area contributed by atoms with Crippen LogP contribution in [0.15, 0.2) is 48.5 Å². The molecule has 3 rings (SSSR count). The third kappa shape index (κ3) is 7.44. The number of nitrogens with one attached hydrogen (secondary N) is 2. The number of rotatable bonds is 6. The first-order chi connectivity index (χ1) is 16.1.